The van der Waals surface area contributed by atoms with Crippen molar-refractivity contribution in [2.24, 2.45) is 0 Å². The van der Waals surface area contributed by atoms with Crippen LogP contribution in [0.4, 0.5) is 0 Å². The summed E-state index contributed by atoms with van der Waals surface area (Å²) in [5.41, 5.74) is 2.21. The fourth-order valence-electron chi connectivity index (χ4n) is 1.36. The number of rotatable bonds is 2. The normalized spacial score (nSPS) is 10.5. The van der Waals surface area contributed by atoms with Crippen LogP contribution in [0, 0.1) is 13.8 Å². The van der Waals surface area contributed by atoms with Crippen LogP contribution in [-0.2, 0) is 0 Å². The molecule has 0 fully saturated rings. The van der Waals surface area contributed by atoms with E-state index in [-0.39, 0.29) is 5.56 Å². The highest BCUT2D eigenvalue weighted by Crippen LogP contribution is 2.32. The number of hydrogen-bond acceptors (Lipinski definition) is 3. The molecule has 0 saturated carbocycles. The van der Waals surface area contributed by atoms with Crippen LogP contribution in [0.2, 0.25) is 0 Å². The van der Waals surface area contributed by atoms with Gasteiger partial charge in [-0.1, -0.05) is 23.9 Å². The molecule has 17 heavy (non-hydrogen) atoms. The quantitative estimate of drug-likeness (QED) is 0.866. The van der Waals surface area contributed by atoms with Crippen molar-refractivity contribution in [1.29, 1.82) is 0 Å². The fraction of sp³-hybridized carbons (Fsp3) is 0.167. The molecule has 88 valence electrons. The van der Waals surface area contributed by atoms with Crippen LogP contribution in [0.5, 0.6) is 0 Å². The summed E-state index contributed by atoms with van der Waals surface area (Å²) >= 11 is 4.74. The van der Waals surface area contributed by atoms with Crippen molar-refractivity contribution in [3.8, 4) is 0 Å². The Kier molecular flexibility index (Phi) is 3.69. The molecule has 0 amide bonds. The third-order valence-corrected chi connectivity index (χ3v) is 4.48. The zero-order valence-electron chi connectivity index (χ0n) is 9.45. The van der Waals surface area contributed by atoms with Gasteiger partial charge >= 0.3 is 0 Å². The summed E-state index contributed by atoms with van der Waals surface area (Å²) in [5, 5.41) is 0.683. The minimum absolute atomic E-state index is 0.159. The molecular formula is C12H11BrN2OS. The van der Waals surface area contributed by atoms with E-state index in [4.69, 9.17) is 0 Å². The van der Waals surface area contributed by atoms with E-state index < -0.39 is 0 Å². The summed E-state index contributed by atoms with van der Waals surface area (Å²) in [6, 6.07) is 6.23. The predicted octanol–water partition coefficient (Wildman–Crippen LogP) is 3.30. The summed E-state index contributed by atoms with van der Waals surface area (Å²) in [5.74, 6) is 0. The highest BCUT2D eigenvalue weighted by atomic mass is 79.9. The zero-order chi connectivity index (χ0) is 12.4. The molecule has 0 bridgehead atoms. The molecule has 1 aromatic heterocycles. The van der Waals surface area contributed by atoms with Crippen LogP contribution < -0.4 is 5.56 Å². The summed E-state index contributed by atoms with van der Waals surface area (Å²) in [7, 11) is 0. The van der Waals surface area contributed by atoms with E-state index >= 15 is 0 Å². The number of aromatic amines is 1. The van der Waals surface area contributed by atoms with Crippen molar-refractivity contribution >= 4 is 27.7 Å². The van der Waals surface area contributed by atoms with E-state index in [1.54, 1.807) is 0 Å². The van der Waals surface area contributed by atoms with Crippen molar-refractivity contribution < 1.29 is 0 Å². The third kappa shape index (κ3) is 2.79. The number of aromatic nitrogens is 2. The highest BCUT2D eigenvalue weighted by Gasteiger charge is 2.08. The van der Waals surface area contributed by atoms with Crippen molar-refractivity contribution in [2.45, 2.75) is 23.8 Å². The molecule has 0 aliphatic carbocycles. The summed E-state index contributed by atoms with van der Waals surface area (Å²) in [6.07, 6.45) is 1.42. The number of halogens is 1. The first-order valence-corrected chi connectivity index (χ1v) is 6.67. The Bertz CT molecular complexity index is 610. The summed E-state index contributed by atoms with van der Waals surface area (Å²) in [6.45, 7) is 4.09. The van der Waals surface area contributed by atoms with Crippen LogP contribution in [-0.4, -0.2) is 9.97 Å². The maximum absolute atomic E-state index is 11.4. The number of H-pyrrole nitrogens is 1. The second-order valence-electron chi connectivity index (χ2n) is 3.72. The lowest BCUT2D eigenvalue weighted by Gasteiger charge is -2.06. The highest BCUT2D eigenvalue weighted by molar-refractivity contribution is 9.10. The molecule has 0 aliphatic rings. The Balaban J connectivity index is 2.41. The Hall–Kier alpha value is -1.07. The van der Waals surface area contributed by atoms with E-state index in [1.807, 2.05) is 13.8 Å². The second kappa shape index (κ2) is 5.06. The van der Waals surface area contributed by atoms with Crippen LogP contribution >= 0.6 is 27.7 Å². The molecule has 0 aliphatic heterocycles. The summed E-state index contributed by atoms with van der Waals surface area (Å²) < 4.78 is 0.478. The van der Waals surface area contributed by atoms with Crippen LogP contribution in [0.15, 0.2) is 43.7 Å². The van der Waals surface area contributed by atoms with E-state index in [0.717, 1.165) is 4.90 Å². The maximum atomic E-state index is 11.4. The minimum atomic E-state index is -0.159. The Morgan fingerprint density at radius 3 is 2.88 bits per heavy atom. The van der Waals surface area contributed by atoms with E-state index in [2.05, 4.69) is 44.1 Å². The lowest BCUT2D eigenvalue weighted by molar-refractivity contribution is 0.989. The van der Waals surface area contributed by atoms with E-state index in [0.29, 0.717) is 9.50 Å². The van der Waals surface area contributed by atoms with Gasteiger partial charge in [-0.15, -0.1) is 0 Å². The van der Waals surface area contributed by atoms with Gasteiger partial charge in [0.1, 0.15) is 9.50 Å². The molecule has 2 aromatic rings. The first kappa shape index (κ1) is 12.4. The molecule has 0 spiro atoms. The fourth-order valence-corrected chi connectivity index (χ4v) is 2.79. The molecule has 1 N–H and O–H groups in total. The lowest BCUT2D eigenvalue weighted by Crippen LogP contribution is -2.07. The van der Waals surface area contributed by atoms with Gasteiger partial charge in [-0.2, -0.15) is 0 Å². The van der Waals surface area contributed by atoms with Crippen LogP contribution in [0.25, 0.3) is 0 Å². The molecule has 3 nitrogen and oxygen atoms in total. The predicted molar refractivity (Wildman–Crippen MR) is 72.6 cm³/mol. The molecule has 1 aromatic carbocycles. The number of nitrogens with one attached hydrogen (secondary N) is 1. The zero-order valence-corrected chi connectivity index (χ0v) is 11.9. The van der Waals surface area contributed by atoms with Gasteiger partial charge in [-0.3, -0.25) is 4.79 Å². The molecule has 0 saturated heterocycles. The Labute approximate surface area is 112 Å². The van der Waals surface area contributed by atoms with Gasteiger partial charge in [0.2, 0.25) is 0 Å². The average molecular weight is 311 g/mol. The van der Waals surface area contributed by atoms with Gasteiger partial charge in [-0.05, 0) is 47.0 Å². The first-order valence-electron chi connectivity index (χ1n) is 5.06. The first-order chi connectivity index (χ1) is 8.08. The molecule has 0 radical (unpaired) electrons. The van der Waals surface area contributed by atoms with Crippen molar-refractivity contribution in [3.05, 3.63) is 50.5 Å². The SMILES string of the molecule is Cc1ccc(C)c(Sc2nc[nH]c(=O)c2Br)c1. The van der Waals surface area contributed by atoms with Crippen molar-refractivity contribution in [3.63, 3.8) is 0 Å². The van der Waals surface area contributed by atoms with Crippen LogP contribution in [0.3, 0.4) is 0 Å². The number of benzene rings is 1. The van der Waals surface area contributed by atoms with Gasteiger partial charge in [-0.25, -0.2) is 4.98 Å². The van der Waals surface area contributed by atoms with Gasteiger partial charge < -0.3 is 4.98 Å². The Morgan fingerprint density at radius 1 is 1.35 bits per heavy atom. The smallest absolute Gasteiger partial charge is 0.266 e. The van der Waals surface area contributed by atoms with E-state index in [1.165, 1.54) is 29.2 Å². The molecule has 1 heterocycles. The number of hydrogen-bond donors (Lipinski definition) is 1. The van der Waals surface area contributed by atoms with Gasteiger partial charge in [0.15, 0.2) is 0 Å². The molecule has 5 heteroatoms. The number of nitrogens with zero attached hydrogens (tertiary/aromatic N) is 1. The van der Waals surface area contributed by atoms with E-state index in [9.17, 15) is 4.79 Å². The van der Waals surface area contributed by atoms with Gasteiger partial charge in [0.25, 0.3) is 5.56 Å². The second-order valence-corrected chi connectivity index (χ2v) is 5.55. The largest absolute Gasteiger partial charge is 0.312 e. The lowest BCUT2D eigenvalue weighted by atomic mass is 10.2. The van der Waals surface area contributed by atoms with Gasteiger partial charge in [0.05, 0.1) is 6.33 Å². The van der Waals surface area contributed by atoms with Crippen LogP contribution in [0.1, 0.15) is 11.1 Å². The summed E-state index contributed by atoms with van der Waals surface area (Å²) in [4.78, 5) is 19.2. The number of aryl methyl sites for hydroxylation is 2. The van der Waals surface area contributed by atoms with Crippen molar-refractivity contribution in [1.82, 2.24) is 9.97 Å². The molecular weight excluding hydrogens is 300 g/mol. The Morgan fingerprint density at radius 2 is 2.12 bits per heavy atom. The molecule has 2 rings (SSSR count). The standard InChI is InChI=1S/C12H11BrN2OS/c1-7-3-4-8(2)9(5-7)17-12-10(13)11(16)14-6-15-12/h3-6H,1-2H3,(H,14,15,16). The molecule has 0 atom stereocenters. The third-order valence-electron chi connectivity index (χ3n) is 2.31. The maximum Gasteiger partial charge on any atom is 0.266 e. The average Bonchev–Trinajstić information content (AvgIpc) is 2.30. The topological polar surface area (TPSA) is 45.8 Å². The molecule has 0 unspecified atom stereocenters. The monoisotopic (exact) mass is 310 g/mol. The minimum Gasteiger partial charge on any atom is -0.312 e. The van der Waals surface area contributed by atoms with Crippen molar-refractivity contribution in [2.75, 3.05) is 0 Å². The van der Waals surface area contributed by atoms with Gasteiger partial charge in [0, 0.05) is 4.90 Å².